The fourth-order valence-electron chi connectivity index (χ4n) is 4.23. The Kier molecular flexibility index (Phi) is 4.34. The van der Waals surface area contributed by atoms with Crippen LogP contribution in [0.25, 0.3) is 33.2 Å². The zero-order valence-electron chi connectivity index (χ0n) is 16.1. The number of hydrogen-bond donors (Lipinski definition) is 0. The Bertz CT molecular complexity index is 1170. The highest BCUT2D eigenvalue weighted by molar-refractivity contribution is 5.97. The van der Waals surface area contributed by atoms with Gasteiger partial charge in [0.25, 0.3) is 0 Å². The summed E-state index contributed by atoms with van der Waals surface area (Å²) in [4.78, 5) is 22.6. The number of aromatic nitrogens is 2. The third-order valence-corrected chi connectivity index (χ3v) is 5.89. The molecule has 1 saturated heterocycles. The Morgan fingerprint density at radius 1 is 0.893 bits per heavy atom. The van der Waals surface area contributed by atoms with Crippen molar-refractivity contribution in [2.75, 3.05) is 39.8 Å². The van der Waals surface area contributed by atoms with Gasteiger partial charge in [-0.3, -0.25) is 9.69 Å². The first-order chi connectivity index (χ1) is 13.7. The summed E-state index contributed by atoms with van der Waals surface area (Å²) in [5, 5.41) is 1.67. The second-order valence-corrected chi connectivity index (χ2v) is 7.69. The third kappa shape index (κ3) is 2.97. The van der Waals surface area contributed by atoms with E-state index in [1.165, 1.54) is 0 Å². The van der Waals surface area contributed by atoms with Gasteiger partial charge in [0.05, 0.1) is 22.4 Å². The lowest BCUT2D eigenvalue weighted by atomic mass is 10.0. The average molecular weight is 372 g/mol. The van der Waals surface area contributed by atoms with Gasteiger partial charge in [-0.2, -0.15) is 0 Å². The summed E-state index contributed by atoms with van der Waals surface area (Å²) < 4.78 is 2.28. The van der Waals surface area contributed by atoms with Gasteiger partial charge in [-0.15, -0.1) is 0 Å². The highest BCUT2D eigenvalue weighted by Crippen LogP contribution is 2.30. The molecule has 0 N–H and O–H groups in total. The molecule has 3 aliphatic rings. The smallest absolute Gasteiger partial charge is 0.188 e. The first kappa shape index (κ1) is 17.3. The lowest BCUT2D eigenvalue weighted by Crippen LogP contribution is -2.45. The van der Waals surface area contributed by atoms with E-state index in [9.17, 15) is 4.79 Å². The van der Waals surface area contributed by atoms with Gasteiger partial charge in [-0.25, -0.2) is 4.98 Å². The van der Waals surface area contributed by atoms with Crippen molar-refractivity contribution in [2.45, 2.75) is 6.54 Å². The number of para-hydroxylation sites is 2. The van der Waals surface area contributed by atoms with Crippen LogP contribution in [0.1, 0.15) is 0 Å². The van der Waals surface area contributed by atoms with Gasteiger partial charge in [-0.1, -0.05) is 36.4 Å². The monoisotopic (exact) mass is 372 g/mol. The van der Waals surface area contributed by atoms with Crippen molar-refractivity contribution in [1.29, 1.82) is 0 Å². The SMILES string of the molecule is CN1CCN(CCn2c3cc(=O)c4ccccc4c-3nc3ccccc32)CC1. The van der Waals surface area contributed by atoms with E-state index in [0.29, 0.717) is 0 Å². The van der Waals surface area contributed by atoms with E-state index < -0.39 is 0 Å². The van der Waals surface area contributed by atoms with Crippen LogP contribution in [0, 0.1) is 0 Å². The molecule has 142 valence electrons. The second kappa shape index (κ2) is 7.00. The van der Waals surface area contributed by atoms with Crippen molar-refractivity contribution in [1.82, 2.24) is 19.4 Å². The highest BCUT2D eigenvalue weighted by Gasteiger charge is 2.19. The van der Waals surface area contributed by atoms with E-state index in [1.807, 2.05) is 36.4 Å². The molecule has 5 nitrogen and oxygen atoms in total. The molecule has 2 aromatic rings. The predicted molar refractivity (Wildman–Crippen MR) is 114 cm³/mol. The molecule has 1 aliphatic carbocycles. The van der Waals surface area contributed by atoms with Crippen molar-refractivity contribution in [3.63, 3.8) is 0 Å². The molecule has 5 rings (SSSR count). The van der Waals surface area contributed by atoms with E-state index in [2.05, 4.69) is 33.5 Å². The molecule has 2 heterocycles. The van der Waals surface area contributed by atoms with Gasteiger partial charge in [0.1, 0.15) is 0 Å². The zero-order valence-corrected chi connectivity index (χ0v) is 16.1. The maximum atomic E-state index is 12.8. The average Bonchev–Trinajstić information content (AvgIpc) is 2.73. The van der Waals surface area contributed by atoms with Crippen molar-refractivity contribution in [2.24, 2.45) is 0 Å². The number of hydrogen-bond acceptors (Lipinski definition) is 4. The third-order valence-electron chi connectivity index (χ3n) is 5.89. The predicted octanol–water partition coefficient (Wildman–Crippen LogP) is 2.90. The first-order valence-corrected chi connectivity index (χ1v) is 9.93. The van der Waals surface area contributed by atoms with E-state index in [4.69, 9.17) is 4.98 Å². The molecule has 0 aromatic heterocycles. The summed E-state index contributed by atoms with van der Waals surface area (Å²) >= 11 is 0. The van der Waals surface area contributed by atoms with Crippen LogP contribution >= 0.6 is 0 Å². The van der Waals surface area contributed by atoms with Gasteiger partial charge >= 0.3 is 0 Å². The molecule has 0 saturated carbocycles. The molecule has 1 fully saturated rings. The number of likely N-dealkylation sites (N-methyl/N-ethyl adjacent to an activating group) is 1. The highest BCUT2D eigenvalue weighted by atomic mass is 16.1. The van der Waals surface area contributed by atoms with Gasteiger partial charge in [-0.05, 0) is 19.2 Å². The van der Waals surface area contributed by atoms with Crippen LogP contribution in [0.2, 0.25) is 0 Å². The van der Waals surface area contributed by atoms with E-state index in [0.717, 1.165) is 72.5 Å². The van der Waals surface area contributed by atoms with Gasteiger partial charge < -0.3 is 9.47 Å². The lowest BCUT2D eigenvalue weighted by Gasteiger charge is -2.33. The molecular weight excluding hydrogens is 348 g/mol. The summed E-state index contributed by atoms with van der Waals surface area (Å²) in [7, 11) is 2.18. The van der Waals surface area contributed by atoms with Crippen LogP contribution in [0.5, 0.6) is 0 Å². The molecule has 0 bridgehead atoms. The first-order valence-electron chi connectivity index (χ1n) is 9.93. The van der Waals surface area contributed by atoms with Crippen LogP contribution < -0.4 is 5.43 Å². The number of nitrogens with zero attached hydrogens (tertiary/aromatic N) is 4. The Morgan fingerprint density at radius 2 is 1.61 bits per heavy atom. The van der Waals surface area contributed by atoms with Gasteiger partial charge in [0.15, 0.2) is 5.43 Å². The lowest BCUT2D eigenvalue weighted by molar-refractivity contribution is 0.150. The molecule has 0 spiro atoms. The Morgan fingerprint density at radius 3 is 2.43 bits per heavy atom. The number of rotatable bonds is 3. The minimum atomic E-state index is 0.0635. The second-order valence-electron chi connectivity index (χ2n) is 7.69. The Balaban J connectivity index is 1.65. The van der Waals surface area contributed by atoms with E-state index in [-0.39, 0.29) is 5.43 Å². The fourth-order valence-corrected chi connectivity index (χ4v) is 4.23. The minimum Gasteiger partial charge on any atom is -0.337 e. The molecule has 0 amide bonds. The molecule has 0 unspecified atom stereocenters. The molecular formula is C23H24N4O. The Hall–Kier alpha value is -2.76. The van der Waals surface area contributed by atoms with Gasteiger partial charge in [0.2, 0.25) is 0 Å². The molecule has 2 aromatic carbocycles. The zero-order chi connectivity index (χ0) is 19.1. The molecule has 2 aliphatic heterocycles. The van der Waals surface area contributed by atoms with Crippen molar-refractivity contribution in [3.8, 4) is 11.4 Å². The molecule has 5 heteroatoms. The largest absolute Gasteiger partial charge is 0.337 e. The van der Waals surface area contributed by atoms with E-state index >= 15 is 0 Å². The van der Waals surface area contributed by atoms with Crippen LogP contribution in [0.4, 0.5) is 0 Å². The maximum absolute atomic E-state index is 12.8. The minimum absolute atomic E-state index is 0.0635. The maximum Gasteiger partial charge on any atom is 0.188 e. The van der Waals surface area contributed by atoms with Crippen LogP contribution in [0.15, 0.2) is 59.4 Å². The normalized spacial score (nSPS) is 16.3. The van der Waals surface area contributed by atoms with Crippen molar-refractivity contribution >= 4 is 21.8 Å². The molecule has 28 heavy (non-hydrogen) atoms. The van der Waals surface area contributed by atoms with Crippen molar-refractivity contribution in [3.05, 3.63) is 64.8 Å². The molecule has 0 radical (unpaired) electrons. The summed E-state index contributed by atoms with van der Waals surface area (Å²) in [6, 6.07) is 17.8. The fraction of sp³-hybridized carbons (Fsp3) is 0.304. The Labute approximate surface area is 164 Å². The summed E-state index contributed by atoms with van der Waals surface area (Å²) in [6.45, 7) is 6.22. The number of benzene rings is 3. The standard InChI is InChI=1S/C23H24N4O/c1-25-10-12-26(13-11-25)14-15-27-20-9-5-4-8-19(20)24-23-18-7-3-2-6-17(18)22(28)16-21(23)27/h2-9,16H,10-15H2,1H3. The number of fused-ring (bicyclic) bond motifs is 4. The quantitative estimate of drug-likeness (QED) is 0.410. The number of piperazine rings is 1. The summed E-state index contributed by atoms with van der Waals surface area (Å²) in [5.74, 6) is 0. The van der Waals surface area contributed by atoms with Crippen LogP contribution in [-0.4, -0.2) is 59.1 Å². The molecule has 0 atom stereocenters. The van der Waals surface area contributed by atoms with Crippen molar-refractivity contribution < 1.29 is 0 Å². The summed E-state index contributed by atoms with van der Waals surface area (Å²) in [6.07, 6.45) is 0. The summed E-state index contributed by atoms with van der Waals surface area (Å²) in [5.41, 5.74) is 3.95. The van der Waals surface area contributed by atoms with Crippen LogP contribution in [0.3, 0.4) is 0 Å². The van der Waals surface area contributed by atoms with E-state index in [1.54, 1.807) is 6.07 Å². The topological polar surface area (TPSA) is 41.4 Å². The van der Waals surface area contributed by atoms with Gasteiger partial charge in [0, 0.05) is 56.1 Å². The van der Waals surface area contributed by atoms with Crippen LogP contribution in [-0.2, 0) is 6.54 Å².